The molecule has 1 saturated heterocycles. The lowest BCUT2D eigenvalue weighted by Gasteiger charge is -2.27. The first-order chi connectivity index (χ1) is 13.6. The number of nitrogens with zero attached hydrogens (tertiary/aromatic N) is 3. The van der Waals surface area contributed by atoms with Gasteiger partial charge >= 0.3 is 0 Å². The minimum absolute atomic E-state index is 0.0114. The highest BCUT2D eigenvalue weighted by Gasteiger charge is 2.23. The molecule has 8 heteroatoms. The van der Waals surface area contributed by atoms with Gasteiger partial charge in [0.1, 0.15) is 12.4 Å². The van der Waals surface area contributed by atoms with E-state index in [0.717, 1.165) is 11.0 Å². The molecule has 0 saturated carbocycles. The van der Waals surface area contributed by atoms with Crippen molar-refractivity contribution in [2.45, 2.75) is 19.5 Å². The minimum Gasteiger partial charge on any atom is -0.459 e. The Morgan fingerprint density at radius 2 is 1.96 bits per heavy atom. The number of imidazole rings is 1. The zero-order valence-corrected chi connectivity index (χ0v) is 15.6. The van der Waals surface area contributed by atoms with Crippen molar-refractivity contribution in [3.05, 3.63) is 54.2 Å². The third-order valence-electron chi connectivity index (χ3n) is 4.82. The average molecular weight is 382 g/mol. The zero-order valence-electron chi connectivity index (χ0n) is 15.6. The molecule has 2 aromatic heterocycles. The Bertz CT molecular complexity index is 973. The van der Waals surface area contributed by atoms with E-state index in [1.54, 1.807) is 17.0 Å². The van der Waals surface area contributed by atoms with E-state index < -0.39 is 6.04 Å². The first-order valence-corrected chi connectivity index (χ1v) is 9.28. The van der Waals surface area contributed by atoms with Crippen molar-refractivity contribution in [3.8, 4) is 0 Å². The summed E-state index contributed by atoms with van der Waals surface area (Å²) in [7, 11) is 0. The maximum absolute atomic E-state index is 12.8. The van der Waals surface area contributed by atoms with Crippen LogP contribution in [0.15, 0.2) is 47.1 Å². The molecule has 0 radical (unpaired) electrons. The fourth-order valence-corrected chi connectivity index (χ4v) is 3.38. The fourth-order valence-electron chi connectivity index (χ4n) is 3.38. The number of morpholine rings is 1. The second-order valence-electron chi connectivity index (χ2n) is 6.71. The van der Waals surface area contributed by atoms with Gasteiger partial charge in [0.2, 0.25) is 5.91 Å². The summed E-state index contributed by atoms with van der Waals surface area (Å²) in [5.41, 5.74) is 1.64. The molecule has 4 rings (SSSR count). The van der Waals surface area contributed by atoms with Gasteiger partial charge in [0, 0.05) is 13.1 Å². The minimum atomic E-state index is -0.400. The highest BCUT2D eigenvalue weighted by molar-refractivity contribution is 5.91. The van der Waals surface area contributed by atoms with Crippen LogP contribution in [0, 0.1) is 0 Å². The molecule has 0 unspecified atom stereocenters. The Hall–Kier alpha value is -3.13. The molecular weight excluding hydrogens is 360 g/mol. The smallest absolute Gasteiger partial charge is 0.287 e. The number of ether oxygens (including phenoxy) is 1. The molecule has 0 spiro atoms. The second kappa shape index (κ2) is 7.85. The van der Waals surface area contributed by atoms with Gasteiger partial charge in [-0.2, -0.15) is 0 Å². The maximum atomic E-state index is 12.8. The number of carbonyl (C=O) groups excluding carboxylic acids is 2. The number of furan rings is 1. The first kappa shape index (κ1) is 18.2. The van der Waals surface area contributed by atoms with E-state index in [1.165, 1.54) is 6.26 Å². The van der Waals surface area contributed by atoms with Gasteiger partial charge in [0.05, 0.1) is 36.6 Å². The molecule has 1 aliphatic rings. The monoisotopic (exact) mass is 382 g/mol. The summed E-state index contributed by atoms with van der Waals surface area (Å²) in [5.74, 6) is 0.550. The molecule has 0 bridgehead atoms. The van der Waals surface area contributed by atoms with Crippen molar-refractivity contribution in [1.29, 1.82) is 0 Å². The number of para-hydroxylation sites is 2. The average Bonchev–Trinajstić information content (AvgIpc) is 3.37. The largest absolute Gasteiger partial charge is 0.459 e. The highest BCUT2D eigenvalue weighted by atomic mass is 16.5. The number of fused-ring (bicyclic) bond motifs is 1. The van der Waals surface area contributed by atoms with Crippen molar-refractivity contribution in [1.82, 2.24) is 19.8 Å². The molecule has 146 valence electrons. The van der Waals surface area contributed by atoms with E-state index in [9.17, 15) is 9.59 Å². The van der Waals surface area contributed by atoms with Crippen molar-refractivity contribution in [2.75, 3.05) is 26.3 Å². The summed E-state index contributed by atoms with van der Waals surface area (Å²) in [6, 6.07) is 10.5. The predicted octanol–water partition coefficient (Wildman–Crippen LogP) is 1.98. The Balaban J connectivity index is 1.61. The Morgan fingerprint density at radius 3 is 2.71 bits per heavy atom. The van der Waals surface area contributed by atoms with Gasteiger partial charge in [-0.3, -0.25) is 9.59 Å². The number of aromatic nitrogens is 2. The molecule has 1 atom stereocenters. The van der Waals surface area contributed by atoms with Crippen LogP contribution < -0.4 is 5.32 Å². The molecule has 8 nitrogen and oxygen atoms in total. The molecule has 1 aromatic carbocycles. The molecule has 1 fully saturated rings. The summed E-state index contributed by atoms with van der Waals surface area (Å²) in [6.07, 6.45) is 1.45. The lowest BCUT2D eigenvalue weighted by molar-refractivity contribution is -0.135. The summed E-state index contributed by atoms with van der Waals surface area (Å²) in [4.78, 5) is 31.6. The number of rotatable bonds is 5. The van der Waals surface area contributed by atoms with Crippen LogP contribution in [0.3, 0.4) is 0 Å². The van der Waals surface area contributed by atoms with Crippen molar-refractivity contribution in [3.63, 3.8) is 0 Å². The Morgan fingerprint density at radius 1 is 1.18 bits per heavy atom. The fraction of sp³-hybridized carbons (Fsp3) is 0.350. The normalized spacial score (nSPS) is 15.5. The van der Waals surface area contributed by atoms with Gasteiger partial charge in [0.15, 0.2) is 5.76 Å². The molecule has 0 aliphatic carbocycles. The van der Waals surface area contributed by atoms with Crippen molar-refractivity contribution in [2.24, 2.45) is 0 Å². The van der Waals surface area contributed by atoms with Crippen LogP contribution in [0.2, 0.25) is 0 Å². The number of nitrogens with one attached hydrogen (secondary N) is 1. The van der Waals surface area contributed by atoms with Crippen LogP contribution in [-0.4, -0.2) is 52.6 Å². The van der Waals surface area contributed by atoms with E-state index in [4.69, 9.17) is 9.15 Å². The van der Waals surface area contributed by atoms with E-state index in [-0.39, 0.29) is 24.1 Å². The van der Waals surface area contributed by atoms with Crippen LogP contribution >= 0.6 is 0 Å². The molecule has 1 aliphatic heterocycles. The van der Waals surface area contributed by atoms with E-state index in [2.05, 4.69) is 10.3 Å². The number of hydrogen-bond acceptors (Lipinski definition) is 5. The molecule has 3 heterocycles. The Kier molecular flexibility index (Phi) is 5.12. The summed E-state index contributed by atoms with van der Waals surface area (Å²) < 4.78 is 12.4. The predicted molar refractivity (Wildman–Crippen MR) is 102 cm³/mol. The molecule has 28 heavy (non-hydrogen) atoms. The standard InChI is InChI=1S/C20H22N4O4/c1-14(21-20(26)17-7-4-10-28-17)19-22-15-5-2-3-6-16(15)24(19)13-18(25)23-8-11-27-12-9-23/h2-7,10,14H,8-9,11-13H2,1H3,(H,21,26)/t14-/m1/s1. The van der Waals surface area contributed by atoms with Gasteiger partial charge < -0.3 is 23.9 Å². The van der Waals surface area contributed by atoms with Crippen LogP contribution in [-0.2, 0) is 16.1 Å². The molecule has 1 N–H and O–H groups in total. The number of carbonyl (C=O) groups is 2. The zero-order chi connectivity index (χ0) is 19.5. The van der Waals surface area contributed by atoms with E-state index in [0.29, 0.717) is 32.1 Å². The quantitative estimate of drug-likeness (QED) is 0.729. The van der Waals surface area contributed by atoms with Crippen molar-refractivity contribution >= 4 is 22.8 Å². The van der Waals surface area contributed by atoms with Gasteiger partial charge in [-0.25, -0.2) is 4.98 Å². The van der Waals surface area contributed by atoms with E-state index in [1.807, 2.05) is 35.8 Å². The molecular formula is C20H22N4O4. The third-order valence-corrected chi connectivity index (χ3v) is 4.82. The summed E-state index contributed by atoms with van der Waals surface area (Å²) in [6.45, 7) is 4.30. The maximum Gasteiger partial charge on any atom is 0.287 e. The SMILES string of the molecule is C[C@@H](NC(=O)c1ccco1)c1nc2ccccc2n1CC(=O)N1CCOCC1. The van der Waals surface area contributed by atoms with Crippen LogP contribution in [0.1, 0.15) is 29.3 Å². The lowest BCUT2D eigenvalue weighted by Crippen LogP contribution is -2.42. The summed E-state index contributed by atoms with van der Waals surface area (Å²) >= 11 is 0. The van der Waals surface area contributed by atoms with Crippen molar-refractivity contribution < 1.29 is 18.7 Å². The van der Waals surface area contributed by atoms with Crippen LogP contribution in [0.5, 0.6) is 0 Å². The molecule has 3 aromatic rings. The van der Waals surface area contributed by atoms with Gasteiger partial charge in [-0.1, -0.05) is 12.1 Å². The number of amides is 2. The second-order valence-corrected chi connectivity index (χ2v) is 6.71. The highest BCUT2D eigenvalue weighted by Crippen LogP contribution is 2.21. The van der Waals surface area contributed by atoms with Gasteiger partial charge in [-0.15, -0.1) is 0 Å². The first-order valence-electron chi connectivity index (χ1n) is 9.28. The number of hydrogen-bond donors (Lipinski definition) is 1. The van der Waals surface area contributed by atoms with E-state index >= 15 is 0 Å². The Labute approximate surface area is 162 Å². The topological polar surface area (TPSA) is 89.6 Å². The number of benzene rings is 1. The van der Waals surface area contributed by atoms with Crippen LogP contribution in [0.4, 0.5) is 0 Å². The molecule has 2 amide bonds. The third kappa shape index (κ3) is 3.63. The van der Waals surface area contributed by atoms with Crippen LogP contribution in [0.25, 0.3) is 11.0 Å². The summed E-state index contributed by atoms with van der Waals surface area (Å²) in [5, 5.41) is 2.89. The lowest BCUT2D eigenvalue weighted by atomic mass is 10.2. The van der Waals surface area contributed by atoms with Gasteiger partial charge in [-0.05, 0) is 31.2 Å². The van der Waals surface area contributed by atoms with Gasteiger partial charge in [0.25, 0.3) is 5.91 Å².